The van der Waals surface area contributed by atoms with Crippen LogP contribution in [0.25, 0.3) is 0 Å². The molecule has 4 aliphatic rings. The topological polar surface area (TPSA) is 65.0 Å². The molecule has 2 aromatic rings. The lowest BCUT2D eigenvalue weighted by Gasteiger charge is -2.57. The molecule has 0 aromatic heterocycles. The van der Waals surface area contributed by atoms with Gasteiger partial charge in [-0.1, -0.05) is 30.0 Å². The minimum absolute atomic E-state index is 0.168. The van der Waals surface area contributed by atoms with Crippen LogP contribution in [0.4, 0.5) is 0 Å². The van der Waals surface area contributed by atoms with Gasteiger partial charge in [-0.15, -0.1) is 0 Å². The molecule has 4 fully saturated rings. The van der Waals surface area contributed by atoms with E-state index >= 15 is 0 Å². The molecule has 34 heavy (non-hydrogen) atoms. The number of carboxylic acid groups (broad SMARTS) is 1. The zero-order valence-electron chi connectivity index (χ0n) is 19.7. The van der Waals surface area contributed by atoms with Gasteiger partial charge < -0.3 is 19.3 Å². The summed E-state index contributed by atoms with van der Waals surface area (Å²) in [5.74, 6) is 8.58. The van der Waals surface area contributed by atoms with Crippen molar-refractivity contribution in [3.8, 4) is 17.6 Å². The first kappa shape index (κ1) is 23.0. The molecular formula is C29H32O5. The number of carbonyl (C=O) groups is 1. The quantitative estimate of drug-likeness (QED) is 0.331. The molecule has 0 atom stereocenters. The van der Waals surface area contributed by atoms with Crippen LogP contribution < -0.4 is 4.74 Å². The van der Waals surface area contributed by atoms with E-state index in [1.165, 1.54) is 44.1 Å². The molecule has 2 aromatic carbocycles. The normalized spacial score (nSPS) is 26.7. The Morgan fingerprint density at radius 2 is 1.71 bits per heavy atom. The molecule has 4 bridgehead atoms. The minimum atomic E-state index is -0.973. The second-order valence-electron chi connectivity index (χ2n) is 10.2. The van der Waals surface area contributed by atoms with Gasteiger partial charge in [0.2, 0.25) is 0 Å². The third-order valence-electron chi connectivity index (χ3n) is 7.82. The van der Waals surface area contributed by atoms with Crippen molar-refractivity contribution in [2.45, 2.75) is 43.9 Å². The van der Waals surface area contributed by atoms with Gasteiger partial charge in [-0.05, 0) is 86.0 Å². The second-order valence-corrected chi connectivity index (χ2v) is 10.2. The molecule has 1 N–H and O–H groups in total. The first-order valence-corrected chi connectivity index (χ1v) is 12.2. The first-order valence-electron chi connectivity index (χ1n) is 12.2. The molecule has 4 aliphatic carbocycles. The molecule has 0 aliphatic heterocycles. The molecule has 0 amide bonds. The standard InChI is InChI=1S/C29H32O5/c1-32-10-11-33-19-34-27-15-20(6-8-24-4-2-3-5-25(24)28(30)31)7-9-26(27)29-16-21-12-22(17-29)14-23(13-21)18-29/h2-5,7,9,15,21-23H,10-14,16-19H2,1H3,(H,30,31). The average molecular weight is 461 g/mol. The predicted octanol–water partition coefficient (Wildman–Crippen LogP) is 5.25. The van der Waals surface area contributed by atoms with E-state index in [1.54, 1.807) is 31.4 Å². The van der Waals surface area contributed by atoms with Crippen LogP contribution in [-0.4, -0.2) is 38.2 Å². The number of aromatic carboxylic acids is 1. The van der Waals surface area contributed by atoms with Crippen LogP contribution in [0.3, 0.4) is 0 Å². The number of methoxy groups -OCH3 is 1. The first-order chi connectivity index (χ1) is 16.6. The fraction of sp³-hybridized carbons (Fsp3) is 0.483. The zero-order valence-corrected chi connectivity index (χ0v) is 19.7. The summed E-state index contributed by atoms with van der Waals surface area (Å²) in [5.41, 5.74) is 3.01. The Labute approximate surface area is 201 Å². The van der Waals surface area contributed by atoms with E-state index in [1.807, 2.05) is 6.07 Å². The summed E-state index contributed by atoms with van der Waals surface area (Å²) in [7, 11) is 1.65. The molecule has 4 saturated carbocycles. The Hall–Kier alpha value is -2.81. The average Bonchev–Trinajstić information content (AvgIpc) is 2.82. The van der Waals surface area contributed by atoms with Crippen molar-refractivity contribution in [1.82, 2.24) is 0 Å². The van der Waals surface area contributed by atoms with E-state index < -0.39 is 5.97 Å². The number of hydrogen-bond donors (Lipinski definition) is 1. The third-order valence-corrected chi connectivity index (χ3v) is 7.82. The molecule has 0 unspecified atom stereocenters. The molecule has 0 spiro atoms. The van der Waals surface area contributed by atoms with Crippen molar-refractivity contribution >= 4 is 5.97 Å². The van der Waals surface area contributed by atoms with Crippen LogP contribution in [0, 0.1) is 29.6 Å². The van der Waals surface area contributed by atoms with Gasteiger partial charge in [-0.25, -0.2) is 4.79 Å². The van der Waals surface area contributed by atoms with Gasteiger partial charge in [0.05, 0.1) is 18.8 Å². The van der Waals surface area contributed by atoms with E-state index in [4.69, 9.17) is 14.2 Å². The van der Waals surface area contributed by atoms with Gasteiger partial charge in [0.25, 0.3) is 0 Å². The molecular weight excluding hydrogens is 428 g/mol. The molecule has 5 nitrogen and oxygen atoms in total. The Morgan fingerprint density at radius 3 is 2.38 bits per heavy atom. The van der Waals surface area contributed by atoms with E-state index in [2.05, 4.69) is 24.0 Å². The van der Waals surface area contributed by atoms with Crippen LogP contribution in [0.15, 0.2) is 42.5 Å². The fourth-order valence-electron chi connectivity index (χ4n) is 6.82. The predicted molar refractivity (Wildman–Crippen MR) is 129 cm³/mol. The highest BCUT2D eigenvalue weighted by Crippen LogP contribution is 2.61. The molecule has 178 valence electrons. The van der Waals surface area contributed by atoms with Crippen LogP contribution in [0.1, 0.15) is 65.6 Å². The summed E-state index contributed by atoms with van der Waals surface area (Å²) in [6.07, 6.45) is 7.91. The summed E-state index contributed by atoms with van der Waals surface area (Å²) in [5, 5.41) is 9.44. The maximum Gasteiger partial charge on any atom is 0.336 e. The lowest BCUT2D eigenvalue weighted by Crippen LogP contribution is -2.48. The summed E-state index contributed by atoms with van der Waals surface area (Å²) in [4.78, 5) is 11.5. The Bertz CT molecular complexity index is 1070. The largest absolute Gasteiger partial charge is 0.478 e. The molecule has 6 rings (SSSR count). The van der Waals surface area contributed by atoms with Crippen molar-refractivity contribution in [3.05, 3.63) is 64.7 Å². The van der Waals surface area contributed by atoms with Crippen molar-refractivity contribution in [2.75, 3.05) is 27.1 Å². The second kappa shape index (κ2) is 9.82. The highest BCUT2D eigenvalue weighted by atomic mass is 16.7. The molecule has 0 saturated heterocycles. The third kappa shape index (κ3) is 4.71. The van der Waals surface area contributed by atoms with Crippen molar-refractivity contribution in [3.63, 3.8) is 0 Å². The van der Waals surface area contributed by atoms with Crippen molar-refractivity contribution < 1.29 is 24.1 Å². The van der Waals surface area contributed by atoms with Gasteiger partial charge in [-0.2, -0.15) is 0 Å². The Kier molecular flexibility index (Phi) is 6.63. The van der Waals surface area contributed by atoms with Gasteiger partial charge >= 0.3 is 5.97 Å². The van der Waals surface area contributed by atoms with Crippen LogP contribution in [0.5, 0.6) is 5.75 Å². The lowest BCUT2D eigenvalue weighted by atomic mass is 9.48. The van der Waals surface area contributed by atoms with Crippen LogP contribution in [-0.2, 0) is 14.9 Å². The number of carboxylic acids is 1. The number of benzene rings is 2. The molecule has 5 heteroatoms. The molecule has 0 heterocycles. The minimum Gasteiger partial charge on any atom is -0.478 e. The van der Waals surface area contributed by atoms with Crippen molar-refractivity contribution in [1.29, 1.82) is 0 Å². The lowest BCUT2D eigenvalue weighted by molar-refractivity contribution is -0.0189. The monoisotopic (exact) mass is 460 g/mol. The van der Waals surface area contributed by atoms with Gasteiger partial charge in [0.15, 0.2) is 6.79 Å². The molecule has 0 radical (unpaired) electrons. The van der Waals surface area contributed by atoms with E-state index in [0.717, 1.165) is 29.1 Å². The maximum atomic E-state index is 11.5. The van der Waals surface area contributed by atoms with Crippen LogP contribution >= 0.6 is 0 Å². The van der Waals surface area contributed by atoms with E-state index in [-0.39, 0.29) is 17.8 Å². The van der Waals surface area contributed by atoms with Gasteiger partial charge in [-0.3, -0.25) is 0 Å². The summed E-state index contributed by atoms with van der Waals surface area (Å²) in [6.45, 7) is 1.18. The van der Waals surface area contributed by atoms with Gasteiger partial charge in [0, 0.05) is 23.8 Å². The van der Waals surface area contributed by atoms with Crippen molar-refractivity contribution in [2.24, 2.45) is 17.8 Å². The fourth-order valence-corrected chi connectivity index (χ4v) is 6.82. The van der Waals surface area contributed by atoms with Gasteiger partial charge in [0.1, 0.15) is 5.75 Å². The van der Waals surface area contributed by atoms with E-state index in [9.17, 15) is 9.90 Å². The van der Waals surface area contributed by atoms with Crippen LogP contribution in [0.2, 0.25) is 0 Å². The number of rotatable bonds is 8. The summed E-state index contributed by atoms with van der Waals surface area (Å²) < 4.78 is 16.9. The maximum absolute atomic E-state index is 11.5. The number of hydrogen-bond acceptors (Lipinski definition) is 4. The SMILES string of the molecule is COCCOCOc1cc(C#Cc2ccccc2C(=O)O)ccc1C12CC3CC(CC(C3)C1)C2. The Morgan fingerprint density at radius 1 is 1.00 bits per heavy atom. The summed E-state index contributed by atoms with van der Waals surface area (Å²) >= 11 is 0. The highest BCUT2D eigenvalue weighted by molar-refractivity contribution is 5.90. The zero-order chi connectivity index (χ0) is 23.5. The van der Waals surface area contributed by atoms with E-state index in [0.29, 0.717) is 18.8 Å². The number of ether oxygens (including phenoxy) is 3. The summed E-state index contributed by atoms with van der Waals surface area (Å²) in [6, 6.07) is 13.1. The highest BCUT2D eigenvalue weighted by Gasteiger charge is 2.52. The smallest absolute Gasteiger partial charge is 0.336 e. The Balaban J connectivity index is 1.44.